The Morgan fingerprint density at radius 2 is 2.00 bits per heavy atom. The minimum atomic E-state index is -0.0531. The molecule has 1 atom stereocenters. The normalized spacial score (nSPS) is 19.7. The Morgan fingerprint density at radius 3 is 2.82 bits per heavy atom. The van der Waals surface area contributed by atoms with Crippen LogP contribution >= 0.6 is 0 Å². The lowest BCUT2D eigenvalue weighted by molar-refractivity contribution is -0.126. The Labute approximate surface area is 165 Å². The number of amides is 1. The largest absolute Gasteiger partial charge is 0.493 e. The molecular weight excluding hydrogens is 352 g/mol. The molecule has 0 bridgehead atoms. The van der Waals surface area contributed by atoms with Gasteiger partial charge in [0.15, 0.2) is 0 Å². The number of pyridine rings is 1. The van der Waals surface area contributed by atoms with Crippen LogP contribution in [0.2, 0.25) is 0 Å². The SMILES string of the molecule is N#Cc1cccnc1N1CCC(NC(=O)C2CCOc3ccccc3C2)CC1. The molecule has 4 rings (SSSR count). The van der Waals surface area contributed by atoms with Crippen molar-refractivity contribution in [2.75, 3.05) is 24.6 Å². The number of carbonyl (C=O) groups is 1. The highest BCUT2D eigenvalue weighted by molar-refractivity contribution is 5.79. The lowest BCUT2D eigenvalue weighted by atomic mass is 9.95. The van der Waals surface area contributed by atoms with Gasteiger partial charge in [-0.1, -0.05) is 18.2 Å². The van der Waals surface area contributed by atoms with Gasteiger partial charge in [-0.2, -0.15) is 5.26 Å². The van der Waals surface area contributed by atoms with Crippen LogP contribution in [-0.2, 0) is 11.2 Å². The number of hydrogen-bond donors (Lipinski definition) is 1. The van der Waals surface area contributed by atoms with E-state index in [1.807, 2.05) is 24.3 Å². The molecule has 6 heteroatoms. The fraction of sp³-hybridized carbons (Fsp3) is 0.409. The predicted octanol–water partition coefficient (Wildman–Crippen LogP) is 2.68. The maximum absolute atomic E-state index is 12.8. The van der Waals surface area contributed by atoms with E-state index in [4.69, 9.17) is 4.74 Å². The molecule has 0 spiro atoms. The number of nitrogens with one attached hydrogen (secondary N) is 1. The van der Waals surface area contributed by atoms with E-state index >= 15 is 0 Å². The summed E-state index contributed by atoms with van der Waals surface area (Å²) in [4.78, 5) is 19.3. The van der Waals surface area contributed by atoms with Gasteiger partial charge in [-0.25, -0.2) is 4.98 Å². The number of para-hydroxylation sites is 1. The number of aromatic nitrogens is 1. The number of rotatable bonds is 3. The van der Waals surface area contributed by atoms with Crippen LogP contribution in [0.4, 0.5) is 5.82 Å². The van der Waals surface area contributed by atoms with E-state index in [0.717, 1.165) is 55.9 Å². The van der Waals surface area contributed by atoms with Crippen LogP contribution in [0.5, 0.6) is 5.75 Å². The van der Waals surface area contributed by atoms with E-state index in [0.29, 0.717) is 12.2 Å². The maximum Gasteiger partial charge on any atom is 0.223 e. The van der Waals surface area contributed by atoms with E-state index in [-0.39, 0.29) is 17.9 Å². The highest BCUT2D eigenvalue weighted by Gasteiger charge is 2.28. The lowest BCUT2D eigenvalue weighted by Crippen LogP contribution is -2.47. The summed E-state index contributed by atoms with van der Waals surface area (Å²) in [5.41, 5.74) is 1.70. The monoisotopic (exact) mass is 376 g/mol. The van der Waals surface area contributed by atoms with Crippen LogP contribution in [0, 0.1) is 17.2 Å². The molecule has 1 aromatic carbocycles. The van der Waals surface area contributed by atoms with E-state index in [9.17, 15) is 10.1 Å². The van der Waals surface area contributed by atoms with Gasteiger partial charge in [0.05, 0.1) is 12.2 Å². The zero-order chi connectivity index (χ0) is 19.3. The molecule has 2 aromatic rings. The molecule has 144 valence electrons. The Hall–Kier alpha value is -3.07. The third kappa shape index (κ3) is 3.94. The first-order valence-corrected chi connectivity index (χ1v) is 9.85. The van der Waals surface area contributed by atoms with E-state index in [2.05, 4.69) is 21.3 Å². The van der Waals surface area contributed by atoms with Crippen LogP contribution in [0.3, 0.4) is 0 Å². The molecule has 0 aliphatic carbocycles. The number of piperidine rings is 1. The van der Waals surface area contributed by atoms with Gasteiger partial charge in [-0.05, 0) is 49.4 Å². The van der Waals surface area contributed by atoms with Crippen LogP contribution in [0.15, 0.2) is 42.6 Å². The average Bonchev–Trinajstić information content (AvgIpc) is 2.97. The quantitative estimate of drug-likeness (QED) is 0.891. The second-order valence-electron chi connectivity index (χ2n) is 7.40. The van der Waals surface area contributed by atoms with Crippen molar-refractivity contribution in [1.82, 2.24) is 10.3 Å². The summed E-state index contributed by atoms with van der Waals surface area (Å²) in [6, 6.07) is 13.9. The predicted molar refractivity (Wildman–Crippen MR) is 106 cm³/mol. The number of nitriles is 1. The summed E-state index contributed by atoms with van der Waals surface area (Å²) in [5.74, 6) is 1.71. The number of nitrogens with zero attached hydrogens (tertiary/aromatic N) is 3. The molecule has 0 radical (unpaired) electrons. The summed E-state index contributed by atoms with van der Waals surface area (Å²) in [6.45, 7) is 2.14. The standard InChI is InChI=1S/C22H24N4O2/c23-15-18-5-3-10-24-21(18)26-11-7-19(8-12-26)25-22(27)17-9-13-28-20-6-2-1-4-16(20)14-17/h1-6,10,17,19H,7-9,11-14H2,(H,25,27). The number of anilines is 1. The molecule has 1 amide bonds. The first-order valence-electron chi connectivity index (χ1n) is 9.85. The van der Waals surface area contributed by atoms with Gasteiger partial charge in [0, 0.05) is 31.2 Å². The van der Waals surface area contributed by atoms with Crippen molar-refractivity contribution < 1.29 is 9.53 Å². The van der Waals surface area contributed by atoms with Crippen LogP contribution in [0.25, 0.3) is 0 Å². The van der Waals surface area contributed by atoms with Gasteiger partial charge < -0.3 is 15.0 Å². The lowest BCUT2D eigenvalue weighted by Gasteiger charge is -2.34. The van der Waals surface area contributed by atoms with Crippen molar-refractivity contribution in [2.24, 2.45) is 5.92 Å². The molecule has 28 heavy (non-hydrogen) atoms. The van der Waals surface area contributed by atoms with Gasteiger partial charge in [-0.3, -0.25) is 4.79 Å². The Kier molecular flexibility index (Phi) is 5.43. The summed E-state index contributed by atoms with van der Waals surface area (Å²) >= 11 is 0. The third-order valence-electron chi connectivity index (χ3n) is 5.58. The van der Waals surface area contributed by atoms with Crippen molar-refractivity contribution >= 4 is 11.7 Å². The van der Waals surface area contributed by atoms with Crippen molar-refractivity contribution in [1.29, 1.82) is 5.26 Å². The molecule has 0 saturated carbocycles. The van der Waals surface area contributed by atoms with Gasteiger partial charge in [0.2, 0.25) is 5.91 Å². The minimum Gasteiger partial charge on any atom is -0.493 e. The maximum atomic E-state index is 12.8. The van der Waals surface area contributed by atoms with Crippen LogP contribution in [-0.4, -0.2) is 36.6 Å². The second kappa shape index (κ2) is 8.30. The summed E-state index contributed by atoms with van der Waals surface area (Å²) < 4.78 is 5.78. The van der Waals surface area contributed by atoms with Crippen LogP contribution in [0.1, 0.15) is 30.4 Å². The molecule has 2 aliphatic heterocycles. The van der Waals surface area contributed by atoms with Gasteiger partial charge in [0.1, 0.15) is 17.6 Å². The third-order valence-corrected chi connectivity index (χ3v) is 5.58. The first-order chi connectivity index (χ1) is 13.7. The Balaban J connectivity index is 1.34. The van der Waals surface area contributed by atoms with Crippen molar-refractivity contribution in [3.63, 3.8) is 0 Å². The molecule has 3 heterocycles. The highest BCUT2D eigenvalue weighted by atomic mass is 16.5. The Bertz CT molecular complexity index is 884. The molecule has 1 aromatic heterocycles. The van der Waals surface area contributed by atoms with E-state index < -0.39 is 0 Å². The molecule has 6 nitrogen and oxygen atoms in total. The zero-order valence-corrected chi connectivity index (χ0v) is 15.8. The average molecular weight is 376 g/mol. The fourth-order valence-corrected chi connectivity index (χ4v) is 4.01. The topological polar surface area (TPSA) is 78.3 Å². The molecule has 1 unspecified atom stereocenters. The highest BCUT2D eigenvalue weighted by Crippen LogP contribution is 2.27. The second-order valence-corrected chi connectivity index (χ2v) is 7.40. The van der Waals surface area contributed by atoms with Crippen molar-refractivity contribution in [2.45, 2.75) is 31.7 Å². The summed E-state index contributed by atoms with van der Waals surface area (Å²) in [7, 11) is 0. The fourth-order valence-electron chi connectivity index (χ4n) is 4.01. The summed E-state index contributed by atoms with van der Waals surface area (Å²) in [5, 5.41) is 12.5. The molecule has 1 fully saturated rings. The van der Waals surface area contributed by atoms with Gasteiger partial charge in [-0.15, -0.1) is 0 Å². The number of benzene rings is 1. The van der Waals surface area contributed by atoms with Gasteiger partial charge >= 0.3 is 0 Å². The van der Waals surface area contributed by atoms with Crippen LogP contribution < -0.4 is 15.0 Å². The first kappa shape index (κ1) is 18.3. The molecular formula is C22H24N4O2. The molecule has 1 N–H and O–H groups in total. The Morgan fingerprint density at radius 1 is 1.18 bits per heavy atom. The molecule has 2 aliphatic rings. The number of fused-ring (bicyclic) bond motifs is 1. The van der Waals surface area contributed by atoms with E-state index in [1.54, 1.807) is 18.3 Å². The zero-order valence-electron chi connectivity index (χ0n) is 15.8. The van der Waals surface area contributed by atoms with E-state index in [1.165, 1.54) is 0 Å². The van der Waals surface area contributed by atoms with Crippen molar-refractivity contribution in [3.8, 4) is 11.8 Å². The van der Waals surface area contributed by atoms with Crippen molar-refractivity contribution in [3.05, 3.63) is 53.7 Å². The number of ether oxygens (including phenoxy) is 1. The number of hydrogen-bond acceptors (Lipinski definition) is 5. The number of carbonyl (C=O) groups excluding carboxylic acids is 1. The van der Waals surface area contributed by atoms with Gasteiger partial charge in [0.25, 0.3) is 0 Å². The smallest absolute Gasteiger partial charge is 0.223 e. The summed E-state index contributed by atoms with van der Waals surface area (Å²) in [6.07, 6.45) is 4.88. The molecule has 1 saturated heterocycles. The minimum absolute atomic E-state index is 0.0531.